The molecular formula is C14H17Cl2N3. The summed E-state index contributed by atoms with van der Waals surface area (Å²) in [5.41, 5.74) is 2.25. The molecule has 0 unspecified atom stereocenters. The number of nitrogens with one attached hydrogen (secondary N) is 1. The molecule has 1 saturated heterocycles. The zero-order chi connectivity index (χ0) is 12.5. The Morgan fingerprint density at radius 1 is 1.21 bits per heavy atom. The maximum atomic E-state index is 6.03. The first kappa shape index (κ1) is 14.4. The van der Waals surface area contributed by atoms with Crippen LogP contribution in [0.3, 0.4) is 0 Å². The van der Waals surface area contributed by atoms with Gasteiger partial charge in [0.05, 0.1) is 5.52 Å². The number of fused-ring (bicyclic) bond motifs is 1. The third-order valence-electron chi connectivity index (χ3n) is 3.41. The van der Waals surface area contributed by atoms with Gasteiger partial charge in [0.1, 0.15) is 5.82 Å². The SMILES string of the molecule is Cc1cc(N2CCNCC2)nc2ccc(Cl)cc12.Cl. The molecule has 2 heterocycles. The van der Waals surface area contributed by atoms with Crippen LogP contribution < -0.4 is 10.2 Å². The molecule has 3 nitrogen and oxygen atoms in total. The fourth-order valence-corrected chi connectivity index (χ4v) is 2.58. The Balaban J connectivity index is 0.00000133. The number of aromatic nitrogens is 1. The summed E-state index contributed by atoms with van der Waals surface area (Å²) in [6.07, 6.45) is 0. The quantitative estimate of drug-likeness (QED) is 0.877. The monoisotopic (exact) mass is 297 g/mol. The van der Waals surface area contributed by atoms with E-state index in [0.717, 1.165) is 47.9 Å². The summed E-state index contributed by atoms with van der Waals surface area (Å²) in [7, 11) is 0. The molecule has 1 aromatic carbocycles. The van der Waals surface area contributed by atoms with E-state index in [2.05, 4.69) is 23.2 Å². The Kier molecular flexibility index (Phi) is 4.50. The van der Waals surface area contributed by atoms with Crippen LogP contribution >= 0.6 is 24.0 Å². The van der Waals surface area contributed by atoms with Crippen LogP contribution in [0.2, 0.25) is 5.02 Å². The lowest BCUT2D eigenvalue weighted by Gasteiger charge is -2.28. The maximum Gasteiger partial charge on any atom is 0.129 e. The molecule has 1 aliphatic rings. The van der Waals surface area contributed by atoms with E-state index >= 15 is 0 Å². The Hall–Kier alpha value is -1.03. The first-order valence-corrected chi connectivity index (χ1v) is 6.64. The molecule has 0 aliphatic carbocycles. The van der Waals surface area contributed by atoms with Crippen LogP contribution in [-0.2, 0) is 0 Å². The summed E-state index contributed by atoms with van der Waals surface area (Å²) < 4.78 is 0. The minimum atomic E-state index is 0. The fourth-order valence-electron chi connectivity index (χ4n) is 2.40. The highest BCUT2D eigenvalue weighted by Crippen LogP contribution is 2.25. The van der Waals surface area contributed by atoms with E-state index < -0.39 is 0 Å². The number of hydrogen-bond acceptors (Lipinski definition) is 3. The molecule has 0 spiro atoms. The van der Waals surface area contributed by atoms with E-state index in [9.17, 15) is 0 Å². The van der Waals surface area contributed by atoms with Gasteiger partial charge in [-0.2, -0.15) is 0 Å². The Labute approximate surface area is 124 Å². The van der Waals surface area contributed by atoms with E-state index in [4.69, 9.17) is 16.6 Å². The van der Waals surface area contributed by atoms with Gasteiger partial charge in [-0.1, -0.05) is 11.6 Å². The number of aryl methyl sites for hydroxylation is 1. The second-order valence-corrected chi connectivity index (χ2v) is 5.13. The summed E-state index contributed by atoms with van der Waals surface area (Å²) in [6.45, 7) is 6.21. The molecule has 2 aromatic rings. The molecule has 0 radical (unpaired) electrons. The average molecular weight is 298 g/mol. The van der Waals surface area contributed by atoms with Gasteiger partial charge in [-0.05, 0) is 36.8 Å². The van der Waals surface area contributed by atoms with Crippen molar-refractivity contribution in [2.45, 2.75) is 6.92 Å². The summed E-state index contributed by atoms with van der Waals surface area (Å²) in [5, 5.41) is 5.26. The van der Waals surface area contributed by atoms with E-state index in [1.807, 2.05) is 18.2 Å². The fraction of sp³-hybridized carbons (Fsp3) is 0.357. The summed E-state index contributed by atoms with van der Waals surface area (Å²) in [6, 6.07) is 8.04. The number of benzene rings is 1. The lowest BCUT2D eigenvalue weighted by atomic mass is 10.1. The standard InChI is InChI=1S/C14H16ClN3.ClH/c1-10-8-14(18-6-4-16-5-7-18)17-13-3-2-11(15)9-12(10)13;/h2-3,8-9,16H,4-7H2,1H3;1H. The molecule has 5 heteroatoms. The topological polar surface area (TPSA) is 28.2 Å². The smallest absolute Gasteiger partial charge is 0.129 e. The Morgan fingerprint density at radius 2 is 1.95 bits per heavy atom. The van der Waals surface area contributed by atoms with Gasteiger partial charge in [-0.15, -0.1) is 12.4 Å². The molecule has 0 amide bonds. The molecule has 0 saturated carbocycles. The minimum Gasteiger partial charge on any atom is -0.354 e. The highest BCUT2D eigenvalue weighted by molar-refractivity contribution is 6.31. The van der Waals surface area contributed by atoms with Crippen LogP contribution in [0.1, 0.15) is 5.56 Å². The predicted octanol–water partition coefficient (Wildman–Crippen LogP) is 3.03. The van der Waals surface area contributed by atoms with Crippen molar-refractivity contribution in [2.75, 3.05) is 31.1 Å². The first-order chi connectivity index (χ1) is 8.74. The molecule has 3 rings (SSSR count). The van der Waals surface area contributed by atoms with Crippen molar-refractivity contribution in [3.8, 4) is 0 Å². The van der Waals surface area contributed by atoms with Crippen LogP contribution in [0, 0.1) is 6.92 Å². The molecule has 0 bridgehead atoms. The van der Waals surface area contributed by atoms with E-state index in [-0.39, 0.29) is 12.4 Å². The van der Waals surface area contributed by atoms with Crippen molar-refractivity contribution in [3.63, 3.8) is 0 Å². The van der Waals surface area contributed by atoms with Gasteiger partial charge in [0.15, 0.2) is 0 Å². The van der Waals surface area contributed by atoms with Crippen molar-refractivity contribution in [1.82, 2.24) is 10.3 Å². The Morgan fingerprint density at radius 3 is 2.68 bits per heavy atom. The number of anilines is 1. The Bertz CT molecular complexity index is 580. The van der Waals surface area contributed by atoms with Crippen molar-refractivity contribution < 1.29 is 0 Å². The van der Waals surface area contributed by atoms with Gasteiger partial charge >= 0.3 is 0 Å². The number of halogens is 2. The van der Waals surface area contributed by atoms with Gasteiger partial charge in [0.25, 0.3) is 0 Å². The van der Waals surface area contributed by atoms with Crippen LogP contribution in [0.5, 0.6) is 0 Å². The normalized spacial score (nSPS) is 15.4. The molecule has 1 aromatic heterocycles. The number of hydrogen-bond donors (Lipinski definition) is 1. The van der Waals surface area contributed by atoms with Crippen LogP contribution in [-0.4, -0.2) is 31.2 Å². The maximum absolute atomic E-state index is 6.03. The summed E-state index contributed by atoms with van der Waals surface area (Å²) in [5.74, 6) is 1.07. The van der Waals surface area contributed by atoms with Crippen LogP contribution in [0.4, 0.5) is 5.82 Å². The zero-order valence-corrected chi connectivity index (χ0v) is 12.4. The highest BCUT2D eigenvalue weighted by Gasteiger charge is 2.13. The molecule has 19 heavy (non-hydrogen) atoms. The van der Waals surface area contributed by atoms with E-state index in [1.165, 1.54) is 5.56 Å². The lowest BCUT2D eigenvalue weighted by Crippen LogP contribution is -2.43. The summed E-state index contributed by atoms with van der Waals surface area (Å²) in [4.78, 5) is 7.07. The van der Waals surface area contributed by atoms with Gasteiger partial charge < -0.3 is 10.2 Å². The number of rotatable bonds is 1. The number of pyridine rings is 1. The van der Waals surface area contributed by atoms with Gasteiger partial charge in [-0.3, -0.25) is 0 Å². The zero-order valence-electron chi connectivity index (χ0n) is 10.8. The second-order valence-electron chi connectivity index (χ2n) is 4.70. The van der Waals surface area contributed by atoms with Crippen molar-refractivity contribution >= 4 is 40.7 Å². The van der Waals surface area contributed by atoms with Gasteiger partial charge in [0.2, 0.25) is 0 Å². The van der Waals surface area contributed by atoms with Gasteiger partial charge in [0, 0.05) is 36.6 Å². The first-order valence-electron chi connectivity index (χ1n) is 6.26. The summed E-state index contributed by atoms with van der Waals surface area (Å²) >= 11 is 6.03. The van der Waals surface area contributed by atoms with E-state index in [1.54, 1.807) is 0 Å². The largest absolute Gasteiger partial charge is 0.354 e. The highest BCUT2D eigenvalue weighted by atomic mass is 35.5. The lowest BCUT2D eigenvalue weighted by molar-refractivity contribution is 0.585. The molecule has 102 valence electrons. The van der Waals surface area contributed by atoms with Gasteiger partial charge in [-0.25, -0.2) is 4.98 Å². The molecule has 1 aliphatic heterocycles. The minimum absolute atomic E-state index is 0. The predicted molar refractivity (Wildman–Crippen MR) is 83.8 cm³/mol. The number of piperazine rings is 1. The third kappa shape index (κ3) is 2.94. The van der Waals surface area contributed by atoms with Crippen LogP contribution in [0.15, 0.2) is 24.3 Å². The molecule has 1 N–H and O–H groups in total. The van der Waals surface area contributed by atoms with Crippen molar-refractivity contribution in [1.29, 1.82) is 0 Å². The molecular weight excluding hydrogens is 281 g/mol. The molecule has 0 atom stereocenters. The average Bonchev–Trinajstić information content (AvgIpc) is 2.40. The third-order valence-corrected chi connectivity index (χ3v) is 3.64. The van der Waals surface area contributed by atoms with E-state index in [0.29, 0.717) is 0 Å². The number of nitrogens with zero attached hydrogens (tertiary/aromatic N) is 2. The van der Waals surface area contributed by atoms with Crippen molar-refractivity contribution in [3.05, 3.63) is 34.9 Å². The van der Waals surface area contributed by atoms with Crippen molar-refractivity contribution in [2.24, 2.45) is 0 Å². The molecule has 1 fully saturated rings. The second kappa shape index (κ2) is 5.95. The van der Waals surface area contributed by atoms with Crippen LogP contribution in [0.25, 0.3) is 10.9 Å².